The van der Waals surface area contributed by atoms with Gasteiger partial charge in [-0.3, -0.25) is 0 Å². The molecule has 0 saturated carbocycles. The third kappa shape index (κ3) is 4.31. The number of hydrogen-bond acceptors (Lipinski definition) is 3. The Morgan fingerprint density at radius 1 is 1.28 bits per heavy atom. The SMILES string of the molecule is Cc1cccc(CNC(CN(C)C)C(C)C)c1O. The Hall–Kier alpha value is -1.06. The Bertz CT molecular complexity index is 375. The second-order valence-electron chi connectivity index (χ2n) is 5.58. The van der Waals surface area contributed by atoms with Crippen molar-refractivity contribution in [3.05, 3.63) is 29.3 Å². The van der Waals surface area contributed by atoms with Gasteiger partial charge in [-0.2, -0.15) is 0 Å². The summed E-state index contributed by atoms with van der Waals surface area (Å²) in [5.74, 6) is 0.983. The minimum atomic E-state index is 0.414. The van der Waals surface area contributed by atoms with Crippen molar-refractivity contribution in [1.82, 2.24) is 10.2 Å². The summed E-state index contributed by atoms with van der Waals surface area (Å²) in [6, 6.07) is 6.32. The van der Waals surface area contributed by atoms with Crippen LogP contribution in [0.15, 0.2) is 18.2 Å². The van der Waals surface area contributed by atoms with Crippen LogP contribution >= 0.6 is 0 Å². The smallest absolute Gasteiger partial charge is 0.122 e. The molecule has 0 bridgehead atoms. The normalized spacial score (nSPS) is 13.3. The average molecular weight is 250 g/mol. The van der Waals surface area contributed by atoms with E-state index in [4.69, 9.17) is 0 Å². The van der Waals surface area contributed by atoms with Gasteiger partial charge in [0.05, 0.1) is 0 Å². The third-order valence-corrected chi connectivity index (χ3v) is 3.24. The highest BCUT2D eigenvalue weighted by Gasteiger charge is 2.14. The van der Waals surface area contributed by atoms with E-state index < -0.39 is 0 Å². The monoisotopic (exact) mass is 250 g/mol. The number of benzene rings is 1. The predicted octanol–water partition coefficient (Wildman–Crippen LogP) is 2.38. The molecule has 1 aromatic rings. The van der Waals surface area contributed by atoms with Gasteiger partial charge in [0.25, 0.3) is 0 Å². The topological polar surface area (TPSA) is 35.5 Å². The number of para-hydroxylation sites is 1. The van der Waals surface area contributed by atoms with Crippen LogP contribution in [0.25, 0.3) is 0 Å². The van der Waals surface area contributed by atoms with Gasteiger partial charge in [-0.1, -0.05) is 32.0 Å². The fraction of sp³-hybridized carbons (Fsp3) is 0.600. The van der Waals surface area contributed by atoms with E-state index in [2.05, 4.69) is 38.2 Å². The fourth-order valence-corrected chi connectivity index (χ4v) is 2.01. The number of aryl methyl sites for hydroxylation is 1. The highest BCUT2D eigenvalue weighted by molar-refractivity contribution is 5.39. The van der Waals surface area contributed by atoms with Gasteiger partial charge in [0.2, 0.25) is 0 Å². The molecule has 1 atom stereocenters. The molecule has 0 radical (unpaired) electrons. The number of nitrogens with one attached hydrogen (secondary N) is 1. The van der Waals surface area contributed by atoms with Crippen molar-refractivity contribution < 1.29 is 5.11 Å². The quantitative estimate of drug-likeness (QED) is 0.813. The molecule has 18 heavy (non-hydrogen) atoms. The van der Waals surface area contributed by atoms with Crippen LogP contribution in [-0.2, 0) is 6.54 Å². The number of aromatic hydroxyl groups is 1. The van der Waals surface area contributed by atoms with Crippen LogP contribution in [0.3, 0.4) is 0 Å². The van der Waals surface area contributed by atoms with Crippen molar-refractivity contribution in [3.63, 3.8) is 0 Å². The standard InChI is InChI=1S/C15H26N2O/c1-11(2)14(10-17(4)5)16-9-13-8-6-7-12(3)15(13)18/h6-8,11,14,16,18H,9-10H2,1-5H3. The summed E-state index contributed by atoms with van der Waals surface area (Å²) in [7, 11) is 4.17. The van der Waals surface area contributed by atoms with Gasteiger partial charge in [-0.05, 0) is 32.5 Å². The first-order valence-corrected chi connectivity index (χ1v) is 6.57. The second-order valence-corrected chi connectivity index (χ2v) is 5.58. The Balaban J connectivity index is 2.64. The molecule has 0 aliphatic carbocycles. The van der Waals surface area contributed by atoms with Crippen molar-refractivity contribution >= 4 is 0 Å². The average Bonchev–Trinajstić information content (AvgIpc) is 2.28. The van der Waals surface area contributed by atoms with E-state index >= 15 is 0 Å². The Morgan fingerprint density at radius 2 is 1.94 bits per heavy atom. The largest absolute Gasteiger partial charge is 0.507 e. The summed E-state index contributed by atoms with van der Waals surface area (Å²) >= 11 is 0. The summed E-state index contributed by atoms with van der Waals surface area (Å²) in [6.45, 7) is 8.08. The summed E-state index contributed by atoms with van der Waals surface area (Å²) in [6.07, 6.45) is 0. The fourth-order valence-electron chi connectivity index (χ4n) is 2.01. The summed E-state index contributed by atoms with van der Waals surface area (Å²) < 4.78 is 0. The first-order chi connectivity index (χ1) is 8.41. The van der Waals surface area contributed by atoms with Crippen molar-refractivity contribution in [2.75, 3.05) is 20.6 Å². The molecule has 0 saturated heterocycles. The number of rotatable bonds is 6. The number of hydrogen-bond donors (Lipinski definition) is 2. The van der Waals surface area contributed by atoms with E-state index in [9.17, 15) is 5.11 Å². The van der Waals surface area contributed by atoms with Gasteiger partial charge in [0.1, 0.15) is 5.75 Å². The van der Waals surface area contributed by atoms with Crippen molar-refractivity contribution in [2.45, 2.75) is 33.4 Å². The first-order valence-electron chi connectivity index (χ1n) is 6.57. The van der Waals surface area contributed by atoms with Crippen LogP contribution in [-0.4, -0.2) is 36.7 Å². The number of phenols is 1. The summed E-state index contributed by atoms with van der Waals surface area (Å²) in [5.41, 5.74) is 1.91. The predicted molar refractivity (Wildman–Crippen MR) is 76.9 cm³/mol. The lowest BCUT2D eigenvalue weighted by molar-refractivity contribution is 0.287. The van der Waals surface area contributed by atoms with Gasteiger partial charge in [0.15, 0.2) is 0 Å². The molecule has 0 aliphatic rings. The number of likely N-dealkylation sites (N-methyl/N-ethyl adjacent to an activating group) is 1. The number of nitrogens with zero attached hydrogens (tertiary/aromatic N) is 1. The molecular weight excluding hydrogens is 224 g/mol. The maximum absolute atomic E-state index is 9.98. The van der Waals surface area contributed by atoms with E-state index in [-0.39, 0.29) is 0 Å². The Labute approximate surface area is 111 Å². The molecule has 3 heteroatoms. The highest BCUT2D eigenvalue weighted by Crippen LogP contribution is 2.21. The molecule has 102 valence electrons. The molecule has 0 spiro atoms. The minimum absolute atomic E-state index is 0.414. The van der Waals surface area contributed by atoms with Crippen LogP contribution in [0.4, 0.5) is 0 Å². The number of phenolic OH excluding ortho intramolecular Hbond substituents is 1. The van der Waals surface area contributed by atoms with Crippen LogP contribution in [0, 0.1) is 12.8 Å². The van der Waals surface area contributed by atoms with Gasteiger partial charge in [-0.25, -0.2) is 0 Å². The minimum Gasteiger partial charge on any atom is -0.507 e. The van der Waals surface area contributed by atoms with Crippen molar-refractivity contribution in [2.24, 2.45) is 5.92 Å². The Morgan fingerprint density at radius 3 is 2.50 bits per heavy atom. The molecule has 2 N–H and O–H groups in total. The molecule has 0 heterocycles. The van der Waals surface area contributed by atoms with Crippen molar-refractivity contribution in [1.29, 1.82) is 0 Å². The molecule has 0 aromatic heterocycles. The van der Waals surface area contributed by atoms with Gasteiger partial charge in [0, 0.05) is 24.7 Å². The van der Waals surface area contributed by atoms with Gasteiger partial charge >= 0.3 is 0 Å². The second kappa shape index (κ2) is 6.76. The molecule has 3 nitrogen and oxygen atoms in total. The van der Waals surface area contributed by atoms with Crippen LogP contribution in [0.2, 0.25) is 0 Å². The molecule has 0 amide bonds. The zero-order chi connectivity index (χ0) is 13.7. The van der Waals surface area contributed by atoms with Gasteiger partial charge < -0.3 is 15.3 Å². The Kier molecular flexibility index (Phi) is 5.63. The van der Waals surface area contributed by atoms with E-state index in [1.807, 2.05) is 25.1 Å². The summed E-state index contributed by atoms with van der Waals surface area (Å²) in [5, 5.41) is 13.5. The molecule has 0 fully saturated rings. The summed E-state index contributed by atoms with van der Waals surface area (Å²) in [4.78, 5) is 2.19. The first kappa shape index (κ1) is 15.0. The maximum atomic E-state index is 9.98. The molecule has 0 aliphatic heterocycles. The lowest BCUT2D eigenvalue weighted by Gasteiger charge is -2.26. The lowest BCUT2D eigenvalue weighted by atomic mass is 10.0. The molecule has 1 aromatic carbocycles. The van der Waals surface area contributed by atoms with Crippen LogP contribution in [0.1, 0.15) is 25.0 Å². The zero-order valence-electron chi connectivity index (χ0n) is 12.2. The van der Waals surface area contributed by atoms with Gasteiger partial charge in [-0.15, -0.1) is 0 Å². The van der Waals surface area contributed by atoms with Crippen LogP contribution < -0.4 is 5.32 Å². The van der Waals surface area contributed by atoms with E-state index in [1.54, 1.807) is 0 Å². The molecule has 1 rings (SSSR count). The van der Waals surface area contributed by atoms with E-state index in [0.29, 0.717) is 24.3 Å². The van der Waals surface area contributed by atoms with E-state index in [0.717, 1.165) is 17.7 Å². The van der Waals surface area contributed by atoms with Crippen LogP contribution in [0.5, 0.6) is 5.75 Å². The third-order valence-electron chi connectivity index (χ3n) is 3.24. The highest BCUT2D eigenvalue weighted by atomic mass is 16.3. The van der Waals surface area contributed by atoms with E-state index in [1.165, 1.54) is 0 Å². The zero-order valence-corrected chi connectivity index (χ0v) is 12.2. The lowest BCUT2D eigenvalue weighted by Crippen LogP contribution is -2.41. The van der Waals surface area contributed by atoms with Crippen molar-refractivity contribution in [3.8, 4) is 5.75 Å². The molecular formula is C15H26N2O. The molecule has 1 unspecified atom stereocenters. The maximum Gasteiger partial charge on any atom is 0.122 e.